The standard InChI is InChI=1S/C14H16N2O3S/c1-18-11-4-5-12(19-2)10(9-11)3-6-13(17)16-14-15-7-8-20-14/h3-6,9H,7-8H2,1-2H3,(H,15,16,17). The number of carbonyl (C=O) groups is 1. The SMILES string of the molecule is COc1ccc(OC)c(C=CC(=O)NC2=NCCS2)c1. The first-order valence-electron chi connectivity index (χ1n) is 6.11. The molecule has 0 radical (unpaired) electrons. The fourth-order valence-electron chi connectivity index (χ4n) is 1.69. The van der Waals surface area contributed by atoms with Crippen molar-refractivity contribution in [3.8, 4) is 11.5 Å². The third kappa shape index (κ3) is 3.77. The molecule has 0 fully saturated rings. The van der Waals surface area contributed by atoms with Crippen molar-refractivity contribution in [1.82, 2.24) is 5.32 Å². The maximum absolute atomic E-state index is 11.8. The smallest absolute Gasteiger partial charge is 0.249 e. The van der Waals surface area contributed by atoms with E-state index in [1.54, 1.807) is 44.2 Å². The average Bonchev–Trinajstić information content (AvgIpc) is 2.97. The third-order valence-corrected chi connectivity index (χ3v) is 3.56. The molecule has 6 heteroatoms. The van der Waals surface area contributed by atoms with E-state index in [1.165, 1.54) is 6.08 Å². The first-order valence-corrected chi connectivity index (χ1v) is 7.10. The molecule has 2 rings (SSSR count). The molecule has 0 atom stereocenters. The molecule has 1 aromatic rings. The number of carbonyl (C=O) groups excluding carboxylic acids is 1. The number of amides is 1. The largest absolute Gasteiger partial charge is 0.497 e. The van der Waals surface area contributed by atoms with Gasteiger partial charge in [-0.25, -0.2) is 0 Å². The lowest BCUT2D eigenvalue weighted by Crippen LogP contribution is -2.25. The number of hydrogen-bond acceptors (Lipinski definition) is 5. The molecule has 0 unspecified atom stereocenters. The van der Waals surface area contributed by atoms with E-state index in [1.807, 2.05) is 6.07 Å². The molecule has 1 amide bonds. The Hall–Kier alpha value is -1.95. The highest BCUT2D eigenvalue weighted by Crippen LogP contribution is 2.25. The second-order valence-corrected chi connectivity index (χ2v) is 5.05. The monoisotopic (exact) mass is 292 g/mol. The van der Waals surface area contributed by atoms with Crippen molar-refractivity contribution < 1.29 is 14.3 Å². The average molecular weight is 292 g/mol. The van der Waals surface area contributed by atoms with Gasteiger partial charge in [-0.1, -0.05) is 11.8 Å². The van der Waals surface area contributed by atoms with Crippen molar-refractivity contribution >= 4 is 28.9 Å². The summed E-state index contributed by atoms with van der Waals surface area (Å²) in [6.45, 7) is 0.758. The number of amidine groups is 1. The van der Waals surface area contributed by atoms with Gasteiger partial charge in [-0.3, -0.25) is 9.79 Å². The number of benzene rings is 1. The molecule has 0 saturated heterocycles. The second-order valence-electron chi connectivity index (χ2n) is 3.97. The van der Waals surface area contributed by atoms with Crippen LogP contribution in [0.5, 0.6) is 11.5 Å². The molecular formula is C14H16N2O3S. The molecule has 106 valence electrons. The molecule has 0 aromatic heterocycles. The lowest BCUT2D eigenvalue weighted by atomic mass is 10.1. The number of nitrogens with one attached hydrogen (secondary N) is 1. The van der Waals surface area contributed by atoms with E-state index in [0.717, 1.165) is 17.9 Å². The van der Waals surface area contributed by atoms with Crippen LogP contribution in [0.4, 0.5) is 0 Å². The maximum atomic E-state index is 11.8. The molecular weight excluding hydrogens is 276 g/mol. The summed E-state index contributed by atoms with van der Waals surface area (Å²) >= 11 is 1.55. The number of hydrogen-bond donors (Lipinski definition) is 1. The Bertz CT molecular complexity index is 555. The minimum atomic E-state index is -0.206. The quantitative estimate of drug-likeness (QED) is 0.862. The van der Waals surface area contributed by atoms with Crippen LogP contribution in [0, 0.1) is 0 Å². The van der Waals surface area contributed by atoms with Crippen molar-refractivity contribution in [3.63, 3.8) is 0 Å². The van der Waals surface area contributed by atoms with Gasteiger partial charge in [-0.05, 0) is 24.3 Å². The number of thioether (sulfide) groups is 1. The summed E-state index contributed by atoms with van der Waals surface area (Å²) in [6.07, 6.45) is 3.15. The summed E-state index contributed by atoms with van der Waals surface area (Å²) in [5.74, 6) is 2.11. The fourth-order valence-corrected chi connectivity index (χ4v) is 2.42. The summed E-state index contributed by atoms with van der Waals surface area (Å²) in [6, 6.07) is 5.41. The zero-order valence-corrected chi connectivity index (χ0v) is 12.2. The van der Waals surface area contributed by atoms with Crippen LogP contribution in [0.2, 0.25) is 0 Å². The van der Waals surface area contributed by atoms with E-state index < -0.39 is 0 Å². The van der Waals surface area contributed by atoms with Crippen LogP contribution < -0.4 is 14.8 Å². The lowest BCUT2D eigenvalue weighted by molar-refractivity contribution is -0.115. The van der Waals surface area contributed by atoms with Gasteiger partial charge in [-0.15, -0.1) is 0 Å². The van der Waals surface area contributed by atoms with Crippen molar-refractivity contribution in [3.05, 3.63) is 29.8 Å². The number of methoxy groups -OCH3 is 2. The number of nitrogens with zero attached hydrogens (tertiary/aromatic N) is 1. The second kappa shape index (κ2) is 7.00. The van der Waals surface area contributed by atoms with Gasteiger partial charge in [0.2, 0.25) is 5.91 Å². The highest BCUT2D eigenvalue weighted by atomic mass is 32.2. The van der Waals surface area contributed by atoms with Gasteiger partial charge < -0.3 is 14.8 Å². The van der Waals surface area contributed by atoms with Gasteiger partial charge in [0.15, 0.2) is 5.17 Å². The predicted octanol–water partition coefficient (Wildman–Crippen LogP) is 1.94. The van der Waals surface area contributed by atoms with Crippen molar-refractivity contribution in [2.45, 2.75) is 0 Å². The van der Waals surface area contributed by atoms with Gasteiger partial charge in [0.25, 0.3) is 0 Å². The molecule has 0 bridgehead atoms. The van der Waals surface area contributed by atoms with Crippen LogP contribution in [-0.4, -0.2) is 37.6 Å². The Labute approximate surface area is 122 Å². The molecule has 1 heterocycles. The van der Waals surface area contributed by atoms with Gasteiger partial charge in [0.1, 0.15) is 11.5 Å². The molecule has 20 heavy (non-hydrogen) atoms. The topological polar surface area (TPSA) is 59.9 Å². The van der Waals surface area contributed by atoms with Crippen LogP contribution in [-0.2, 0) is 4.79 Å². The lowest BCUT2D eigenvalue weighted by Gasteiger charge is -2.07. The third-order valence-electron chi connectivity index (χ3n) is 2.67. The molecule has 1 aromatic carbocycles. The minimum Gasteiger partial charge on any atom is -0.497 e. The summed E-state index contributed by atoms with van der Waals surface area (Å²) in [7, 11) is 3.18. The van der Waals surface area contributed by atoms with Crippen LogP contribution >= 0.6 is 11.8 Å². The first kappa shape index (κ1) is 14.5. The summed E-state index contributed by atoms with van der Waals surface area (Å²) < 4.78 is 10.4. The van der Waals surface area contributed by atoms with Crippen LogP contribution in [0.1, 0.15) is 5.56 Å². The number of rotatable bonds is 4. The van der Waals surface area contributed by atoms with Crippen LogP contribution in [0.15, 0.2) is 29.3 Å². The van der Waals surface area contributed by atoms with Gasteiger partial charge in [0, 0.05) is 17.4 Å². The Morgan fingerprint density at radius 3 is 2.90 bits per heavy atom. The Balaban J connectivity index is 2.07. The highest BCUT2D eigenvalue weighted by molar-refractivity contribution is 8.14. The van der Waals surface area contributed by atoms with Crippen LogP contribution in [0.3, 0.4) is 0 Å². The van der Waals surface area contributed by atoms with E-state index in [9.17, 15) is 4.79 Å². The summed E-state index contributed by atoms with van der Waals surface area (Å²) in [5.41, 5.74) is 0.781. The molecule has 5 nitrogen and oxygen atoms in total. The number of ether oxygens (including phenoxy) is 2. The van der Waals surface area contributed by atoms with Crippen molar-refractivity contribution in [2.75, 3.05) is 26.5 Å². The predicted molar refractivity (Wildman–Crippen MR) is 81.5 cm³/mol. The molecule has 1 aliphatic heterocycles. The van der Waals surface area contributed by atoms with Crippen molar-refractivity contribution in [1.29, 1.82) is 0 Å². The fraction of sp³-hybridized carbons (Fsp3) is 0.286. The minimum absolute atomic E-state index is 0.206. The van der Waals surface area contributed by atoms with Crippen LogP contribution in [0.25, 0.3) is 6.08 Å². The van der Waals surface area contributed by atoms with E-state index in [-0.39, 0.29) is 5.91 Å². The molecule has 0 aliphatic carbocycles. The summed E-state index contributed by atoms with van der Waals surface area (Å²) in [4.78, 5) is 15.9. The summed E-state index contributed by atoms with van der Waals surface area (Å²) in [5, 5.41) is 3.41. The maximum Gasteiger partial charge on any atom is 0.249 e. The van der Waals surface area contributed by atoms with Crippen molar-refractivity contribution in [2.24, 2.45) is 4.99 Å². The zero-order valence-electron chi connectivity index (χ0n) is 11.4. The molecule has 1 N–H and O–H groups in total. The highest BCUT2D eigenvalue weighted by Gasteiger charge is 2.09. The zero-order chi connectivity index (χ0) is 14.4. The molecule has 0 spiro atoms. The normalized spacial score (nSPS) is 14.2. The van der Waals surface area contributed by atoms with E-state index in [4.69, 9.17) is 9.47 Å². The number of aliphatic imine (C=N–C) groups is 1. The van der Waals surface area contributed by atoms with Gasteiger partial charge >= 0.3 is 0 Å². The van der Waals surface area contributed by atoms with E-state index in [0.29, 0.717) is 16.7 Å². The Kier molecular flexibility index (Phi) is 5.06. The Morgan fingerprint density at radius 2 is 2.25 bits per heavy atom. The van der Waals surface area contributed by atoms with E-state index in [2.05, 4.69) is 10.3 Å². The van der Waals surface area contributed by atoms with Gasteiger partial charge in [0.05, 0.1) is 20.8 Å². The van der Waals surface area contributed by atoms with E-state index >= 15 is 0 Å². The van der Waals surface area contributed by atoms with Gasteiger partial charge in [-0.2, -0.15) is 0 Å². The Morgan fingerprint density at radius 1 is 1.40 bits per heavy atom. The molecule has 0 saturated carbocycles. The molecule has 1 aliphatic rings. The first-order chi connectivity index (χ1) is 9.72.